The van der Waals surface area contributed by atoms with Gasteiger partial charge in [0.05, 0.1) is 13.7 Å². The van der Waals surface area contributed by atoms with Crippen molar-refractivity contribution in [3.63, 3.8) is 0 Å². The van der Waals surface area contributed by atoms with Crippen LogP contribution >= 0.6 is 0 Å². The van der Waals surface area contributed by atoms with Gasteiger partial charge < -0.3 is 14.5 Å². The van der Waals surface area contributed by atoms with Gasteiger partial charge in [-0.15, -0.1) is 0 Å². The molecule has 0 amide bonds. The molecule has 0 spiro atoms. The fourth-order valence-electron chi connectivity index (χ4n) is 1.83. The Bertz CT molecular complexity index is 503. The Morgan fingerprint density at radius 3 is 2.71 bits per heavy atom. The maximum atomic E-state index is 5.74. The first-order valence-corrected chi connectivity index (χ1v) is 5.63. The topological polar surface area (TPSA) is 34.4 Å². The van der Waals surface area contributed by atoms with E-state index in [9.17, 15) is 0 Å². The highest BCUT2D eigenvalue weighted by atomic mass is 16.5. The average molecular weight is 231 g/mol. The monoisotopic (exact) mass is 231 g/mol. The van der Waals surface area contributed by atoms with Gasteiger partial charge in [0.1, 0.15) is 17.3 Å². The van der Waals surface area contributed by atoms with Crippen molar-refractivity contribution in [1.82, 2.24) is 5.32 Å². The summed E-state index contributed by atoms with van der Waals surface area (Å²) in [7, 11) is 3.58. The highest BCUT2D eigenvalue weighted by molar-refractivity contribution is 5.60. The van der Waals surface area contributed by atoms with Crippen LogP contribution in [-0.4, -0.2) is 14.2 Å². The number of nitrogens with one attached hydrogen (secondary N) is 1. The van der Waals surface area contributed by atoms with Crippen molar-refractivity contribution in [2.24, 2.45) is 0 Å². The molecule has 0 unspecified atom stereocenters. The van der Waals surface area contributed by atoms with Crippen molar-refractivity contribution in [2.45, 2.75) is 13.5 Å². The first-order chi connectivity index (χ1) is 8.24. The van der Waals surface area contributed by atoms with Gasteiger partial charge in [-0.1, -0.05) is 0 Å². The molecule has 1 aromatic carbocycles. The minimum absolute atomic E-state index is 0.745. The Hall–Kier alpha value is -1.74. The van der Waals surface area contributed by atoms with E-state index in [0.717, 1.165) is 34.9 Å². The number of hydrogen-bond donors (Lipinski definition) is 1. The molecule has 3 nitrogen and oxygen atoms in total. The van der Waals surface area contributed by atoms with E-state index in [1.807, 2.05) is 38.2 Å². The lowest BCUT2D eigenvalue weighted by Gasteiger charge is -2.05. The van der Waals surface area contributed by atoms with E-state index >= 15 is 0 Å². The van der Waals surface area contributed by atoms with Gasteiger partial charge in [0.25, 0.3) is 0 Å². The molecule has 0 aliphatic rings. The van der Waals surface area contributed by atoms with Gasteiger partial charge in [0.2, 0.25) is 0 Å². The van der Waals surface area contributed by atoms with Gasteiger partial charge in [-0.3, -0.25) is 0 Å². The van der Waals surface area contributed by atoms with Gasteiger partial charge in [-0.25, -0.2) is 0 Å². The lowest BCUT2D eigenvalue weighted by Crippen LogP contribution is -2.03. The number of aryl methyl sites for hydroxylation is 1. The molecule has 0 saturated carbocycles. The van der Waals surface area contributed by atoms with E-state index in [2.05, 4.69) is 11.4 Å². The smallest absolute Gasteiger partial charge is 0.134 e. The fraction of sp³-hybridized carbons (Fsp3) is 0.286. The molecule has 0 fully saturated rings. The molecule has 0 radical (unpaired) electrons. The third-order valence-electron chi connectivity index (χ3n) is 2.69. The van der Waals surface area contributed by atoms with Crippen LogP contribution in [0, 0.1) is 6.92 Å². The summed E-state index contributed by atoms with van der Waals surface area (Å²) in [5, 5.41) is 3.06. The summed E-state index contributed by atoms with van der Waals surface area (Å²) >= 11 is 0. The van der Waals surface area contributed by atoms with Gasteiger partial charge in [0, 0.05) is 5.56 Å². The second-order valence-electron chi connectivity index (χ2n) is 3.98. The second kappa shape index (κ2) is 5.06. The van der Waals surface area contributed by atoms with Crippen LogP contribution < -0.4 is 10.1 Å². The number of rotatable bonds is 4. The summed E-state index contributed by atoms with van der Waals surface area (Å²) in [6, 6.07) is 10.0. The van der Waals surface area contributed by atoms with Crippen LogP contribution in [0.15, 0.2) is 34.7 Å². The zero-order valence-electron chi connectivity index (χ0n) is 10.4. The highest BCUT2D eigenvalue weighted by Crippen LogP contribution is 2.27. The molecule has 2 aromatic rings. The van der Waals surface area contributed by atoms with Crippen molar-refractivity contribution in [1.29, 1.82) is 0 Å². The van der Waals surface area contributed by atoms with Crippen LogP contribution in [0.3, 0.4) is 0 Å². The Balaban J connectivity index is 2.29. The molecule has 90 valence electrons. The molecule has 2 rings (SSSR count). The van der Waals surface area contributed by atoms with Crippen LogP contribution in [0.2, 0.25) is 0 Å². The summed E-state index contributed by atoms with van der Waals surface area (Å²) in [5.41, 5.74) is 2.18. The maximum Gasteiger partial charge on any atom is 0.134 e. The number of furan rings is 1. The van der Waals surface area contributed by atoms with Crippen LogP contribution in [0.4, 0.5) is 0 Å². The number of methoxy groups -OCH3 is 1. The van der Waals surface area contributed by atoms with Crippen LogP contribution in [-0.2, 0) is 6.54 Å². The number of ether oxygens (including phenoxy) is 1. The molecule has 0 atom stereocenters. The van der Waals surface area contributed by atoms with E-state index in [-0.39, 0.29) is 0 Å². The molecule has 1 N–H and O–H groups in total. The van der Waals surface area contributed by atoms with E-state index in [1.165, 1.54) is 0 Å². The Kier molecular flexibility index (Phi) is 3.49. The predicted molar refractivity (Wildman–Crippen MR) is 68.2 cm³/mol. The highest BCUT2D eigenvalue weighted by Gasteiger charge is 2.06. The van der Waals surface area contributed by atoms with Crippen LogP contribution in [0.1, 0.15) is 11.3 Å². The summed E-state index contributed by atoms with van der Waals surface area (Å²) in [6.45, 7) is 2.77. The van der Waals surface area contributed by atoms with Crippen molar-refractivity contribution in [3.8, 4) is 17.1 Å². The van der Waals surface area contributed by atoms with E-state index in [4.69, 9.17) is 9.15 Å². The Morgan fingerprint density at radius 2 is 2.06 bits per heavy atom. The predicted octanol–water partition coefficient (Wildman–Crippen LogP) is 2.98. The van der Waals surface area contributed by atoms with Crippen molar-refractivity contribution in [3.05, 3.63) is 41.7 Å². The quantitative estimate of drug-likeness (QED) is 0.878. The zero-order valence-corrected chi connectivity index (χ0v) is 10.4. The maximum absolute atomic E-state index is 5.74. The molecule has 0 aliphatic heterocycles. The Morgan fingerprint density at radius 1 is 1.24 bits per heavy atom. The fourth-order valence-corrected chi connectivity index (χ4v) is 1.83. The minimum Gasteiger partial charge on any atom is -0.496 e. The van der Waals surface area contributed by atoms with Crippen LogP contribution in [0.5, 0.6) is 5.75 Å². The van der Waals surface area contributed by atoms with E-state index in [0.29, 0.717) is 0 Å². The number of benzene rings is 1. The summed E-state index contributed by atoms with van der Waals surface area (Å²) in [6.07, 6.45) is 0. The molecule has 0 saturated heterocycles. The van der Waals surface area contributed by atoms with Gasteiger partial charge >= 0.3 is 0 Å². The zero-order chi connectivity index (χ0) is 12.3. The van der Waals surface area contributed by atoms with Crippen LogP contribution in [0.25, 0.3) is 11.3 Å². The van der Waals surface area contributed by atoms with Crippen molar-refractivity contribution >= 4 is 0 Å². The largest absolute Gasteiger partial charge is 0.496 e. The summed E-state index contributed by atoms with van der Waals surface area (Å²) in [4.78, 5) is 0. The average Bonchev–Trinajstić information content (AvgIpc) is 2.78. The van der Waals surface area contributed by atoms with Gasteiger partial charge in [-0.2, -0.15) is 0 Å². The molecule has 0 aliphatic carbocycles. The van der Waals surface area contributed by atoms with Gasteiger partial charge in [0.15, 0.2) is 0 Å². The molecular weight excluding hydrogens is 214 g/mol. The van der Waals surface area contributed by atoms with Crippen molar-refractivity contribution < 1.29 is 9.15 Å². The molecule has 3 heteroatoms. The van der Waals surface area contributed by atoms with Crippen molar-refractivity contribution in [2.75, 3.05) is 14.2 Å². The van der Waals surface area contributed by atoms with E-state index in [1.54, 1.807) is 7.11 Å². The SMILES string of the molecule is CNCc1ccc(-c2ccc(OC)c(C)c2)o1. The molecule has 1 aromatic heterocycles. The standard InChI is InChI=1S/C14H17NO2/c1-10-8-11(4-6-13(10)16-3)14-7-5-12(17-14)9-15-2/h4-8,15H,9H2,1-3H3. The van der Waals surface area contributed by atoms with Gasteiger partial charge in [-0.05, 0) is 49.9 Å². The first-order valence-electron chi connectivity index (χ1n) is 5.63. The second-order valence-corrected chi connectivity index (χ2v) is 3.98. The molecule has 17 heavy (non-hydrogen) atoms. The summed E-state index contributed by atoms with van der Waals surface area (Å²) in [5.74, 6) is 2.73. The normalized spacial score (nSPS) is 10.5. The lowest BCUT2D eigenvalue weighted by molar-refractivity contribution is 0.411. The third-order valence-corrected chi connectivity index (χ3v) is 2.69. The molecule has 1 heterocycles. The number of hydrogen-bond acceptors (Lipinski definition) is 3. The third kappa shape index (κ3) is 2.50. The molecular formula is C14H17NO2. The minimum atomic E-state index is 0.745. The van der Waals surface area contributed by atoms with E-state index < -0.39 is 0 Å². The summed E-state index contributed by atoms with van der Waals surface area (Å²) < 4.78 is 11.0. The molecule has 0 bridgehead atoms. The lowest BCUT2D eigenvalue weighted by atomic mass is 10.1. The Labute approximate surface area is 101 Å². The first kappa shape index (κ1) is 11.7.